The summed E-state index contributed by atoms with van der Waals surface area (Å²) in [5, 5.41) is 4.11. The van der Waals surface area contributed by atoms with Gasteiger partial charge in [0.25, 0.3) is 0 Å². The quantitative estimate of drug-likeness (QED) is 0.895. The number of anilines is 1. The van der Waals surface area contributed by atoms with Gasteiger partial charge in [-0.25, -0.2) is 0 Å². The van der Waals surface area contributed by atoms with Crippen LogP contribution >= 0.6 is 11.6 Å². The van der Waals surface area contributed by atoms with E-state index in [0.717, 1.165) is 24.7 Å². The molecule has 0 radical (unpaired) electrons. The molecular weight excluding hydrogens is 258 g/mol. The molecule has 1 heterocycles. The Hall–Kier alpha value is -0.770. The fourth-order valence-electron chi connectivity index (χ4n) is 2.96. The summed E-state index contributed by atoms with van der Waals surface area (Å²) in [6.07, 6.45) is 2.51. The van der Waals surface area contributed by atoms with E-state index in [1.807, 2.05) is 19.2 Å². The van der Waals surface area contributed by atoms with Crippen molar-refractivity contribution in [3.8, 4) is 0 Å². The maximum atomic E-state index is 6.46. The summed E-state index contributed by atoms with van der Waals surface area (Å²) in [4.78, 5) is 4.76. The first-order chi connectivity index (χ1) is 9.13. The third kappa shape index (κ3) is 3.41. The molecule has 0 bridgehead atoms. The lowest BCUT2D eigenvalue weighted by Crippen LogP contribution is -2.38. The van der Waals surface area contributed by atoms with Crippen LogP contribution in [0.25, 0.3) is 0 Å². The van der Waals surface area contributed by atoms with Gasteiger partial charge in [0.2, 0.25) is 0 Å². The Kier molecular flexibility index (Phi) is 5.08. The van der Waals surface area contributed by atoms with Crippen molar-refractivity contribution in [1.82, 2.24) is 10.2 Å². The van der Waals surface area contributed by atoms with Gasteiger partial charge in [0.1, 0.15) is 0 Å². The summed E-state index contributed by atoms with van der Waals surface area (Å²) in [5.74, 6) is 0. The van der Waals surface area contributed by atoms with Gasteiger partial charge < -0.3 is 15.1 Å². The number of likely N-dealkylation sites (N-methyl/N-ethyl adjacent to an activating group) is 1. The van der Waals surface area contributed by atoms with E-state index in [-0.39, 0.29) is 0 Å². The van der Waals surface area contributed by atoms with E-state index in [1.54, 1.807) is 0 Å². The molecule has 0 aliphatic carbocycles. The molecular formula is C15H24ClN3. The van der Waals surface area contributed by atoms with Crippen LogP contribution in [0.4, 0.5) is 5.69 Å². The minimum Gasteiger partial charge on any atom is -0.366 e. The maximum absolute atomic E-state index is 6.46. The Morgan fingerprint density at radius 1 is 1.42 bits per heavy atom. The van der Waals surface area contributed by atoms with Crippen LogP contribution in [-0.4, -0.2) is 45.2 Å². The van der Waals surface area contributed by atoms with E-state index in [0.29, 0.717) is 6.04 Å². The highest BCUT2D eigenvalue weighted by atomic mass is 35.5. The number of nitrogens with zero attached hydrogens (tertiary/aromatic N) is 2. The predicted octanol–water partition coefficient (Wildman–Crippen LogP) is 2.59. The minimum atomic E-state index is 0.575. The Morgan fingerprint density at radius 2 is 2.21 bits per heavy atom. The standard InChI is InChI=1S/C15H24ClN3/c1-17-10-12-6-4-8-14(16)15(12)19-9-5-7-13(19)11-18(2)3/h4,6,8,13,17H,5,7,9-11H2,1-3H3. The van der Waals surface area contributed by atoms with Crippen molar-refractivity contribution in [2.45, 2.75) is 25.4 Å². The average molecular weight is 282 g/mol. The third-order valence-electron chi connectivity index (χ3n) is 3.68. The first-order valence-corrected chi connectivity index (χ1v) is 7.34. The Balaban J connectivity index is 2.29. The van der Waals surface area contributed by atoms with Gasteiger partial charge in [0, 0.05) is 25.7 Å². The molecule has 1 aromatic rings. The van der Waals surface area contributed by atoms with E-state index in [1.165, 1.54) is 24.1 Å². The van der Waals surface area contributed by atoms with Gasteiger partial charge in [-0.2, -0.15) is 0 Å². The molecule has 2 rings (SSSR count). The van der Waals surface area contributed by atoms with Crippen LogP contribution < -0.4 is 10.2 Å². The number of hydrogen-bond acceptors (Lipinski definition) is 3. The fourth-order valence-corrected chi connectivity index (χ4v) is 3.26. The second-order valence-corrected chi connectivity index (χ2v) is 5.94. The lowest BCUT2D eigenvalue weighted by molar-refractivity contribution is 0.372. The zero-order valence-corrected chi connectivity index (χ0v) is 12.9. The normalized spacial score (nSPS) is 19.4. The van der Waals surface area contributed by atoms with Crippen molar-refractivity contribution in [2.24, 2.45) is 0 Å². The molecule has 106 valence electrons. The van der Waals surface area contributed by atoms with E-state index in [2.05, 4.69) is 35.3 Å². The number of nitrogens with one attached hydrogen (secondary N) is 1. The van der Waals surface area contributed by atoms with Crippen LogP contribution in [0.15, 0.2) is 18.2 Å². The maximum Gasteiger partial charge on any atom is 0.0643 e. The Labute approximate surface area is 121 Å². The predicted molar refractivity (Wildman–Crippen MR) is 83.1 cm³/mol. The zero-order chi connectivity index (χ0) is 13.8. The molecule has 0 saturated carbocycles. The van der Waals surface area contributed by atoms with Crippen molar-refractivity contribution in [2.75, 3.05) is 39.1 Å². The molecule has 1 saturated heterocycles. The summed E-state index contributed by atoms with van der Waals surface area (Å²) < 4.78 is 0. The van der Waals surface area contributed by atoms with E-state index < -0.39 is 0 Å². The summed E-state index contributed by atoms with van der Waals surface area (Å²) in [6, 6.07) is 6.78. The van der Waals surface area contributed by atoms with Crippen LogP contribution in [0.2, 0.25) is 5.02 Å². The molecule has 19 heavy (non-hydrogen) atoms. The monoisotopic (exact) mass is 281 g/mol. The van der Waals surface area contributed by atoms with E-state index in [4.69, 9.17) is 11.6 Å². The number of hydrogen-bond donors (Lipinski definition) is 1. The van der Waals surface area contributed by atoms with Crippen LogP contribution in [0.3, 0.4) is 0 Å². The van der Waals surface area contributed by atoms with Crippen LogP contribution in [0.1, 0.15) is 18.4 Å². The molecule has 0 spiro atoms. The van der Waals surface area contributed by atoms with Crippen LogP contribution in [0, 0.1) is 0 Å². The highest BCUT2D eigenvalue weighted by molar-refractivity contribution is 6.33. The number of rotatable bonds is 5. The fraction of sp³-hybridized carbons (Fsp3) is 0.600. The molecule has 4 heteroatoms. The third-order valence-corrected chi connectivity index (χ3v) is 3.98. The van der Waals surface area contributed by atoms with Gasteiger partial charge in [0.15, 0.2) is 0 Å². The van der Waals surface area contributed by atoms with E-state index in [9.17, 15) is 0 Å². The van der Waals surface area contributed by atoms with Crippen LogP contribution in [-0.2, 0) is 6.54 Å². The lowest BCUT2D eigenvalue weighted by Gasteiger charge is -2.31. The number of para-hydroxylation sites is 1. The second-order valence-electron chi connectivity index (χ2n) is 5.53. The largest absolute Gasteiger partial charge is 0.366 e. The molecule has 1 fully saturated rings. The van der Waals surface area contributed by atoms with Gasteiger partial charge >= 0.3 is 0 Å². The molecule has 1 aliphatic rings. The Bertz CT molecular complexity index is 420. The van der Waals surface area contributed by atoms with Crippen molar-refractivity contribution in [3.63, 3.8) is 0 Å². The molecule has 1 N–H and O–H groups in total. The summed E-state index contributed by atoms with van der Waals surface area (Å²) >= 11 is 6.46. The molecule has 1 aliphatic heterocycles. The lowest BCUT2D eigenvalue weighted by atomic mass is 10.1. The summed E-state index contributed by atoms with van der Waals surface area (Å²) in [5.41, 5.74) is 2.52. The average Bonchev–Trinajstić information content (AvgIpc) is 2.77. The van der Waals surface area contributed by atoms with Crippen molar-refractivity contribution in [1.29, 1.82) is 0 Å². The van der Waals surface area contributed by atoms with Gasteiger partial charge in [0.05, 0.1) is 10.7 Å². The van der Waals surface area contributed by atoms with Crippen molar-refractivity contribution >= 4 is 17.3 Å². The zero-order valence-electron chi connectivity index (χ0n) is 12.1. The Morgan fingerprint density at radius 3 is 2.89 bits per heavy atom. The van der Waals surface area contributed by atoms with Crippen molar-refractivity contribution < 1.29 is 0 Å². The summed E-state index contributed by atoms with van der Waals surface area (Å²) in [7, 11) is 6.25. The SMILES string of the molecule is CNCc1cccc(Cl)c1N1CCCC1CN(C)C. The molecule has 1 unspecified atom stereocenters. The van der Waals surface area contributed by atoms with E-state index >= 15 is 0 Å². The smallest absolute Gasteiger partial charge is 0.0643 e. The first-order valence-electron chi connectivity index (χ1n) is 6.97. The number of benzene rings is 1. The van der Waals surface area contributed by atoms with Gasteiger partial charge in [-0.1, -0.05) is 23.7 Å². The summed E-state index contributed by atoms with van der Waals surface area (Å²) in [6.45, 7) is 3.06. The van der Waals surface area contributed by atoms with Crippen molar-refractivity contribution in [3.05, 3.63) is 28.8 Å². The molecule has 3 nitrogen and oxygen atoms in total. The van der Waals surface area contributed by atoms with Gasteiger partial charge in [-0.3, -0.25) is 0 Å². The second kappa shape index (κ2) is 6.60. The molecule has 0 amide bonds. The number of halogens is 1. The minimum absolute atomic E-state index is 0.575. The molecule has 1 atom stereocenters. The first kappa shape index (κ1) is 14.6. The molecule has 0 aromatic heterocycles. The molecule has 1 aromatic carbocycles. The highest BCUT2D eigenvalue weighted by Gasteiger charge is 2.28. The van der Waals surface area contributed by atoms with Crippen LogP contribution in [0.5, 0.6) is 0 Å². The van der Waals surface area contributed by atoms with Gasteiger partial charge in [-0.05, 0) is 45.6 Å². The topological polar surface area (TPSA) is 18.5 Å². The van der Waals surface area contributed by atoms with Gasteiger partial charge in [-0.15, -0.1) is 0 Å². The highest BCUT2D eigenvalue weighted by Crippen LogP contribution is 2.35.